The van der Waals surface area contributed by atoms with Gasteiger partial charge >= 0.3 is 6.18 Å². The predicted octanol–water partition coefficient (Wildman–Crippen LogP) is 5.96. The average Bonchev–Trinajstić information content (AvgIpc) is 3.17. The molecule has 0 bridgehead atoms. The normalized spacial score (nSPS) is 11.3. The molecule has 0 saturated carbocycles. The summed E-state index contributed by atoms with van der Waals surface area (Å²) < 4.78 is 49.9. The van der Waals surface area contributed by atoms with Gasteiger partial charge in [0.2, 0.25) is 5.76 Å². The van der Waals surface area contributed by atoms with Crippen molar-refractivity contribution in [3.05, 3.63) is 89.7 Å². The number of fused-ring (bicyclic) bond motifs is 1. The Kier molecular flexibility index (Phi) is 5.78. The van der Waals surface area contributed by atoms with Gasteiger partial charge in [-0.05, 0) is 42.5 Å². The Morgan fingerprint density at radius 3 is 2.39 bits per heavy atom. The van der Waals surface area contributed by atoms with Gasteiger partial charge < -0.3 is 19.8 Å². The largest absolute Gasteiger partial charge is 0.497 e. The van der Waals surface area contributed by atoms with E-state index in [2.05, 4.69) is 10.6 Å². The topological polar surface area (TPSA) is 80.6 Å². The zero-order valence-electron chi connectivity index (χ0n) is 17.2. The lowest BCUT2D eigenvalue weighted by atomic mass is 10.1. The van der Waals surface area contributed by atoms with E-state index >= 15 is 0 Å². The molecule has 0 fully saturated rings. The van der Waals surface area contributed by atoms with Gasteiger partial charge in [0.1, 0.15) is 17.0 Å². The fourth-order valence-corrected chi connectivity index (χ4v) is 3.24. The van der Waals surface area contributed by atoms with Crippen molar-refractivity contribution in [2.75, 3.05) is 17.7 Å². The first kappa shape index (κ1) is 21.9. The van der Waals surface area contributed by atoms with Crippen molar-refractivity contribution in [2.45, 2.75) is 6.18 Å². The number of carbonyl (C=O) groups excluding carboxylic acids is 2. The smallest absolute Gasteiger partial charge is 0.416 e. The summed E-state index contributed by atoms with van der Waals surface area (Å²) in [6.45, 7) is 0. The number of ether oxygens (including phenoxy) is 1. The van der Waals surface area contributed by atoms with E-state index < -0.39 is 23.6 Å². The first-order valence-corrected chi connectivity index (χ1v) is 9.72. The van der Waals surface area contributed by atoms with Crippen molar-refractivity contribution in [2.24, 2.45) is 0 Å². The average molecular weight is 454 g/mol. The van der Waals surface area contributed by atoms with Crippen LogP contribution in [0.2, 0.25) is 0 Å². The van der Waals surface area contributed by atoms with Gasteiger partial charge in [-0.25, -0.2) is 0 Å². The summed E-state index contributed by atoms with van der Waals surface area (Å²) in [4.78, 5) is 25.7. The van der Waals surface area contributed by atoms with E-state index in [0.29, 0.717) is 22.4 Å². The second-order valence-electron chi connectivity index (χ2n) is 7.02. The second kappa shape index (κ2) is 8.70. The molecular formula is C24H17F3N2O4. The fourth-order valence-electron chi connectivity index (χ4n) is 3.24. The van der Waals surface area contributed by atoms with Crippen molar-refractivity contribution in [1.29, 1.82) is 0 Å². The molecule has 9 heteroatoms. The molecule has 0 aliphatic heterocycles. The quantitative estimate of drug-likeness (QED) is 0.390. The number of para-hydroxylation sites is 1. The van der Waals surface area contributed by atoms with Crippen LogP contribution in [0.1, 0.15) is 26.5 Å². The van der Waals surface area contributed by atoms with Gasteiger partial charge in [-0.2, -0.15) is 13.2 Å². The zero-order valence-corrected chi connectivity index (χ0v) is 17.2. The van der Waals surface area contributed by atoms with E-state index in [-0.39, 0.29) is 17.0 Å². The number of rotatable bonds is 5. The molecule has 168 valence electrons. The fraction of sp³-hybridized carbons (Fsp3) is 0.0833. The van der Waals surface area contributed by atoms with E-state index in [1.807, 2.05) is 0 Å². The maximum absolute atomic E-state index is 13.0. The highest BCUT2D eigenvalue weighted by Gasteiger charge is 2.31. The van der Waals surface area contributed by atoms with Crippen LogP contribution in [0.15, 0.2) is 77.2 Å². The lowest BCUT2D eigenvalue weighted by molar-refractivity contribution is -0.137. The van der Waals surface area contributed by atoms with Crippen LogP contribution in [-0.2, 0) is 6.18 Å². The molecule has 2 amide bonds. The lowest BCUT2D eigenvalue weighted by Crippen LogP contribution is -2.18. The maximum atomic E-state index is 13.0. The Morgan fingerprint density at radius 1 is 0.879 bits per heavy atom. The molecule has 0 unspecified atom stereocenters. The van der Waals surface area contributed by atoms with Crippen molar-refractivity contribution >= 4 is 34.2 Å². The van der Waals surface area contributed by atoms with E-state index in [0.717, 1.165) is 18.2 Å². The molecule has 6 nitrogen and oxygen atoms in total. The first-order valence-electron chi connectivity index (χ1n) is 9.72. The van der Waals surface area contributed by atoms with Crippen LogP contribution in [0.25, 0.3) is 11.0 Å². The zero-order chi connectivity index (χ0) is 23.6. The SMILES string of the molecule is COc1cccc(NC(=O)c2oc3ccccc3c2NC(=O)c2cccc(C(F)(F)F)c2)c1. The maximum Gasteiger partial charge on any atom is 0.416 e. The van der Waals surface area contributed by atoms with Crippen LogP contribution >= 0.6 is 0 Å². The Labute approximate surface area is 186 Å². The molecule has 0 saturated heterocycles. The third-order valence-electron chi connectivity index (χ3n) is 4.82. The van der Waals surface area contributed by atoms with Crippen LogP contribution in [-0.4, -0.2) is 18.9 Å². The third kappa shape index (κ3) is 4.67. The molecule has 0 atom stereocenters. The summed E-state index contributed by atoms with van der Waals surface area (Å²) >= 11 is 0. The highest BCUT2D eigenvalue weighted by molar-refractivity contribution is 6.16. The van der Waals surface area contributed by atoms with Gasteiger partial charge in [-0.3, -0.25) is 9.59 Å². The number of benzene rings is 3. The van der Waals surface area contributed by atoms with E-state index in [4.69, 9.17) is 9.15 Å². The summed E-state index contributed by atoms with van der Waals surface area (Å²) in [5.41, 5.74) is -0.367. The van der Waals surface area contributed by atoms with Gasteiger partial charge in [-0.15, -0.1) is 0 Å². The van der Waals surface area contributed by atoms with Crippen LogP contribution in [0, 0.1) is 0 Å². The van der Waals surface area contributed by atoms with Crippen LogP contribution < -0.4 is 15.4 Å². The summed E-state index contributed by atoms with van der Waals surface area (Å²) in [6, 6.07) is 17.2. The number of furan rings is 1. The van der Waals surface area contributed by atoms with Crippen molar-refractivity contribution in [3.63, 3.8) is 0 Å². The van der Waals surface area contributed by atoms with Gasteiger partial charge in [0.25, 0.3) is 11.8 Å². The van der Waals surface area contributed by atoms with Gasteiger partial charge in [-0.1, -0.05) is 24.3 Å². The molecule has 4 rings (SSSR count). The molecule has 1 aromatic heterocycles. The number of halogens is 3. The van der Waals surface area contributed by atoms with E-state index in [9.17, 15) is 22.8 Å². The number of hydrogen-bond acceptors (Lipinski definition) is 4. The number of nitrogens with one attached hydrogen (secondary N) is 2. The molecular weight excluding hydrogens is 437 g/mol. The number of methoxy groups -OCH3 is 1. The molecule has 3 aromatic carbocycles. The van der Waals surface area contributed by atoms with Crippen LogP contribution in [0.3, 0.4) is 0 Å². The van der Waals surface area contributed by atoms with Gasteiger partial charge in [0, 0.05) is 22.7 Å². The molecule has 0 spiro atoms. The van der Waals surface area contributed by atoms with Crippen LogP contribution in [0.4, 0.5) is 24.5 Å². The van der Waals surface area contributed by atoms with Crippen molar-refractivity contribution in [3.8, 4) is 5.75 Å². The highest BCUT2D eigenvalue weighted by Crippen LogP contribution is 2.33. The standard InChI is InChI=1S/C24H17F3N2O4/c1-32-17-9-5-8-16(13-17)28-23(31)21-20(18-10-2-3-11-19(18)33-21)29-22(30)14-6-4-7-15(12-14)24(25,26)27/h2-13H,1H3,(H,28,31)(H,29,30). The Bertz CT molecular complexity index is 1350. The minimum atomic E-state index is -4.60. The molecule has 0 aliphatic rings. The van der Waals surface area contributed by atoms with E-state index in [1.54, 1.807) is 48.5 Å². The minimum Gasteiger partial charge on any atom is -0.497 e. The Balaban J connectivity index is 1.68. The monoisotopic (exact) mass is 454 g/mol. The number of alkyl halides is 3. The first-order chi connectivity index (χ1) is 15.8. The summed E-state index contributed by atoms with van der Waals surface area (Å²) in [6.07, 6.45) is -4.60. The highest BCUT2D eigenvalue weighted by atomic mass is 19.4. The summed E-state index contributed by atoms with van der Waals surface area (Å²) in [7, 11) is 1.49. The minimum absolute atomic E-state index is 0.0495. The van der Waals surface area contributed by atoms with Crippen molar-refractivity contribution < 1.29 is 31.9 Å². The number of carbonyl (C=O) groups is 2. The Hall–Kier alpha value is -4.27. The number of hydrogen-bond donors (Lipinski definition) is 2. The van der Waals surface area contributed by atoms with Crippen molar-refractivity contribution in [1.82, 2.24) is 0 Å². The second-order valence-corrected chi connectivity index (χ2v) is 7.02. The summed E-state index contributed by atoms with van der Waals surface area (Å²) in [5, 5.41) is 5.62. The third-order valence-corrected chi connectivity index (χ3v) is 4.82. The molecule has 4 aromatic rings. The molecule has 33 heavy (non-hydrogen) atoms. The number of amides is 2. The molecule has 1 heterocycles. The van der Waals surface area contributed by atoms with E-state index in [1.165, 1.54) is 13.2 Å². The number of anilines is 2. The predicted molar refractivity (Wildman–Crippen MR) is 117 cm³/mol. The summed E-state index contributed by atoms with van der Waals surface area (Å²) in [5.74, 6) is -1.14. The molecule has 2 N–H and O–H groups in total. The van der Waals surface area contributed by atoms with Gasteiger partial charge in [0.05, 0.1) is 12.7 Å². The lowest BCUT2D eigenvalue weighted by Gasteiger charge is -2.10. The van der Waals surface area contributed by atoms with Gasteiger partial charge in [0.15, 0.2) is 0 Å². The van der Waals surface area contributed by atoms with Crippen LogP contribution in [0.5, 0.6) is 5.75 Å². The molecule has 0 aliphatic carbocycles. The molecule has 0 radical (unpaired) electrons. The Morgan fingerprint density at radius 2 is 1.64 bits per heavy atom.